The zero-order chi connectivity index (χ0) is 19.7. The van der Waals surface area contributed by atoms with Gasteiger partial charge in [0.2, 0.25) is 5.88 Å². The Labute approximate surface area is 164 Å². The van der Waals surface area contributed by atoms with Crippen LogP contribution in [-0.4, -0.2) is 21.3 Å². The molecule has 3 aromatic rings. The normalized spacial score (nSPS) is 14.5. The number of aromatic hydroxyl groups is 1. The molecule has 28 heavy (non-hydrogen) atoms. The number of fused-ring (bicyclic) bond motifs is 1. The van der Waals surface area contributed by atoms with Gasteiger partial charge in [-0.15, -0.1) is 0 Å². The fraction of sp³-hybridized carbons (Fsp3) is 0. The molecule has 0 aliphatic carbocycles. The third-order valence-electron chi connectivity index (χ3n) is 4.33. The Morgan fingerprint density at radius 1 is 1.04 bits per heavy atom. The predicted molar refractivity (Wildman–Crippen MR) is 110 cm³/mol. The van der Waals surface area contributed by atoms with Gasteiger partial charge in [-0.05, 0) is 29.3 Å². The number of aromatic amines is 2. The van der Waals surface area contributed by atoms with Crippen LogP contribution in [-0.2, 0) is 0 Å². The minimum atomic E-state index is -0.781. The fourth-order valence-corrected chi connectivity index (χ4v) is 3.15. The Kier molecular flexibility index (Phi) is 4.55. The summed E-state index contributed by atoms with van der Waals surface area (Å²) in [5.74, 6) is -0.506. The second-order valence-electron chi connectivity index (χ2n) is 6.12. The first-order chi connectivity index (χ1) is 13.5. The minimum Gasteiger partial charge on any atom is -0.494 e. The summed E-state index contributed by atoms with van der Waals surface area (Å²) in [6.45, 7) is 0. The van der Waals surface area contributed by atoms with Gasteiger partial charge in [0.05, 0.1) is 5.69 Å². The molecule has 4 rings (SSSR count). The van der Waals surface area contributed by atoms with Crippen LogP contribution in [0.4, 0.5) is 5.69 Å². The van der Waals surface area contributed by atoms with E-state index in [-0.39, 0.29) is 5.56 Å². The molecule has 0 spiro atoms. The summed E-state index contributed by atoms with van der Waals surface area (Å²) in [5, 5.41) is 10.8. The molecule has 1 aromatic heterocycles. The van der Waals surface area contributed by atoms with Gasteiger partial charge in [0.1, 0.15) is 5.56 Å². The lowest BCUT2D eigenvalue weighted by Gasteiger charge is -2.09. The lowest BCUT2D eigenvalue weighted by atomic mass is 9.98. The highest BCUT2D eigenvalue weighted by molar-refractivity contribution is 6.30. The van der Waals surface area contributed by atoms with E-state index in [2.05, 4.69) is 15.0 Å². The van der Waals surface area contributed by atoms with E-state index in [1.807, 2.05) is 30.3 Å². The van der Waals surface area contributed by atoms with Gasteiger partial charge in [-0.3, -0.25) is 19.8 Å². The summed E-state index contributed by atoms with van der Waals surface area (Å²) in [5.41, 5.74) is 2.26. The number of halogens is 1. The van der Waals surface area contributed by atoms with Crippen LogP contribution >= 0.6 is 11.6 Å². The first-order valence-electron chi connectivity index (χ1n) is 8.40. The summed E-state index contributed by atoms with van der Waals surface area (Å²) in [7, 11) is 0. The zero-order valence-electron chi connectivity index (χ0n) is 14.4. The highest BCUT2D eigenvalue weighted by Crippen LogP contribution is 2.32. The molecular formula is C21H14ClN3O3. The lowest BCUT2D eigenvalue weighted by molar-refractivity contribution is 0.446. The standard InChI is InChI=1S/C21H14ClN3O3/c22-14-8-5-12(6-9-14)16(18-19(26)24-21(28)25-20(18)27)10-7-13-11-23-17-4-2-1-3-15(13)17/h1-11H,(H3,24,25,26,27,28)/b13-7+,16-10+. The zero-order valence-corrected chi connectivity index (χ0v) is 15.2. The van der Waals surface area contributed by atoms with E-state index >= 15 is 0 Å². The van der Waals surface area contributed by atoms with E-state index in [9.17, 15) is 14.7 Å². The maximum atomic E-state index is 12.4. The van der Waals surface area contributed by atoms with Crippen molar-refractivity contribution in [1.29, 1.82) is 0 Å². The van der Waals surface area contributed by atoms with E-state index in [1.165, 1.54) is 0 Å². The molecule has 0 amide bonds. The van der Waals surface area contributed by atoms with Crippen molar-refractivity contribution in [1.82, 2.24) is 9.97 Å². The van der Waals surface area contributed by atoms with E-state index in [0.29, 0.717) is 16.2 Å². The number of para-hydroxylation sites is 1. The Morgan fingerprint density at radius 3 is 2.54 bits per heavy atom. The molecule has 2 heterocycles. The number of H-pyrrole nitrogens is 2. The first kappa shape index (κ1) is 17.8. The second-order valence-corrected chi connectivity index (χ2v) is 6.55. The van der Waals surface area contributed by atoms with Crippen molar-refractivity contribution in [2.75, 3.05) is 0 Å². The number of allylic oxidation sites excluding steroid dienone is 3. The van der Waals surface area contributed by atoms with Gasteiger partial charge in [0, 0.05) is 22.4 Å². The average molecular weight is 392 g/mol. The molecule has 138 valence electrons. The van der Waals surface area contributed by atoms with Crippen molar-refractivity contribution in [3.63, 3.8) is 0 Å². The van der Waals surface area contributed by atoms with Gasteiger partial charge >= 0.3 is 5.69 Å². The molecule has 0 atom stereocenters. The quantitative estimate of drug-likeness (QED) is 0.635. The number of nitrogens with one attached hydrogen (secondary N) is 2. The minimum absolute atomic E-state index is 0.0398. The summed E-state index contributed by atoms with van der Waals surface area (Å²) >= 11 is 5.97. The van der Waals surface area contributed by atoms with Crippen LogP contribution in [0.2, 0.25) is 5.02 Å². The van der Waals surface area contributed by atoms with Crippen LogP contribution in [0.15, 0.2) is 75.3 Å². The van der Waals surface area contributed by atoms with Gasteiger partial charge < -0.3 is 5.11 Å². The number of hydrogen-bond donors (Lipinski definition) is 3. The Hall–Kier alpha value is -3.64. The van der Waals surface area contributed by atoms with Crippen molar-refractivity contribution in [2.45, 2.75) is 0 Å². The average Bonchev–Trinajstić information content (AvgIpc) is 3.08. The van der Waals surface area contributed by atoms with Crippen molar-refractivity contribution >= 4 is 34.6 Å². The molecule has 0 unspecified atom stereocenters. The molecule has 1 aliphatic heterocycles. The van der Waals surface area contributed by atoms with Crippen molar-refractivity contribution < 1.29 is 5.11 Å². The van der Waals surface area contributed by atoms with Crippen LogP contribution in [0, 0.1) is 0 Å². The molecular weight excluding hydrogens is 378 g/mol. The summed E-state index contributed by atoms with van der Waals surface area (Å²) < 4.78 is 0. The van der Waals surface area contributed by atoms with Gasteiger partial charge in [-0.2, -0.15) is 0 Å². The number of nitrogens with zero attached hydrogens (tertiary/aromatic N) is 1. The number of rotatable bonds is 3. The van der Waals surface area contributed by atoms with Crippen LogP contribution in [0.5, 0.6) is 5.88 Å². The van der Waals surface area contributed by atoms with E-state index in [1.54, 1.807) is 36.6 Å². The largest absolute Gasteiger partial charge is 0.494 e. The highest BCUT2D eigenvalue weighted by atomic mass is 35.5. The van der Waals surface area contributed by atoms with E-state index < -0.39 is 17.1 Å². The van der Waals surface area contributed by atoms with Gasteiger partial charge in [-0.1, -0.05) is 54.1 Å². The Balaban J connectivity index is 1.90. The van der Waals surface area contributed by atoms with Crippen LogP contribution in [0.3, 0.4) is 0 Å². The maximum absolute atomic E-state index is 12.4. The van der Waals surface area contributed by atoms with Crippen molar-refractivity contribution in [3.8, 4) is 5.88 Å². The van der Waals surface area contributed by atoms with Crippen LogP contribution < -0.4 is 11.2 Å². The number of aromatic nitrogens is 2. The van der Waals surface area contributed by atoms with E-state index in [0.717, 1.165) is 16.8 Å². The summed E-state index contributed by atoms with van der Waals surface area (Å²) in [6.07, 6.45) is 5.25. The molecule has 0 bridgehead atoms. The smallest absolute Gasteiger partial charge is 0.328 e. The lowest BCUT2D eigenvalue weighted by Crippen LogP contribution is -2.24. The molecule has 0 saturated heterocycles. The van der Waals surface area contributed by atoms with Gasteiger partial charge in [0.25, 0.3) is 5.56 Å². The molecule has 0 radical (unpaired) electrons. The summed E-state index contributed by atoms with van der Waals surface area (Å²) in [6, 6.07) is 14.5. The predicted octanol–water partition coefficient (Wildman–Crippen LogP) is 3.65. The SMILES string of the molecule is O=c1[nH]c(O)c(/C(=C/C=C2\C=Nc3ccccc32)c2ccc(Cl)cc2)c(=O)[nH]1. The number of aliphatic imine (C=N–C) groups is 1. The molecule has 6 nitrogen and oxygen atoms in total. The fourth-order valence-electron chi connectivity index (χ4n) is 3.02. The Morgan fingerprint density at radius 2 is 1.79 bits per heavy atom. The molecule has 0 saturated carbocycles. The topological polar surface area (TPSA) is 98.3 Å². The highest BCUT2D eigenvalue weighted by Gasteiger charge is 2.16. The molecule has 2 aromatic carbocycles. The number of benzene rings is 2. The summed E-state index contributed by atoms with van der Waals surface area (Å²) in [4.78, 5) is 32.5. The molecule has 7 heteroatoms. The van der Waals surface area contributed by atoms with E-state index in [4.69, 9.17) is 11.6 Å². The number of hydrogen-bond acceptors (Lipinski definition) is 4. The monoisotopic (exact) mass is 391 g/mol. The van der Waals surface area contributed by atoms with Crippen LogP contribution in [0.25, 0.3) is 11.1 Å². The third-order valence-corrected chi connectivity index (χ3v) is 4.59. The first-order valence-corrected chi connectivity index (χ1v) is 8.78. The van der Waals surface area contributed by atoms with Gasteiger partial charge in [-0.25, -0.2) is 4.79 Å². The third kappa shape index (κ3) is 3.33. The van der Waals surface area contributed by atoms with Crippen molar-refractivity contribution in [3.05, 3.63) is 103 Å². The Bertz CT molecular complexity index is 1270. The van der Waals surface area contributed by atoms with Gasteiger partial charge in [0.15, 0.2) is 0 Å². The molecule has 1 aliphatic rings. The van der Waals surface area contributed by atoms with Crippen molar-refractivity contribution in [2.24, 2.45) is 4.99 Å². The molecule has 3 N–H and O–H groups in total. The molecule has 0 fully saturated rings. The second kappa shape index (κ2) is 7.17. The maximum Gasteiger partial charge on any atom is 0.328 e. The van der Waals surface area contributed by atoms with Crippen LogP contribution in [0.1, 0.15) is 16.7 Å².